The van der Waals surface area contributed by atoms with Gasteiger partial charge in [-0.25, -0.2) is 4.79 Å². The first-order valence-corrected chi connectivity index (χ1v) is 8.62. The van der Waals surface area contributed by atoms with Crippen molar-refractivity contribution in [3.05, 3.63) is 35.9 Å². The number of urea groups is 1. The van der Waals surface area contributed by atoms with Gasteiger partial charge in [0.25, 0.3) is 0 Å². The van der Waals surface area contributed by atoms with Crippen LogP contribution in [0.15, 0.2) is 30.3 Å². The molecule has 0 spiro atoms. The van der Waals surface area contributed by atoms with E-state index < -0.39 is 0 Å². The summed E-state index contributed by atoms with van der Waals surface area (Å²) in [6, 6.07) is 9.74. The molecule has 2 fully saturated rings. The van der Waals surface area contributed by atoms with Crippen molar-refractivity contribution in [1.29, 1.82) is 0 Å². The third kappa shape index (κ3) is 3.38. The highest BCUT2D eigenvalue weighted by Crippen LogP contribution is 2.24. The third-order valence-electron chi connectivity index (χ3n) is 4.90. The molecule has 0 aliphatic carbocycles. The summed E-state index contributed by atoms with van der Waals surface area (Å²) in [5.41, 5.74) is 1.01. The van der Waals surface area contributed by atoms with Crippen LogP contribution in [0.5, 0.6) is 0 Å². The number of amides is 3. The van der Waals surface area contributed by atoms with E-state index >= 15 is 0 Å². The van der Waals surface area contributed by atoms with E-state index in [9.17, 15) is 9.59 Å². The maximum Gasteiger partial charge on any atom is 0.317 e. The van der Waals surface area contributed by atoms with Gasteiger partial charge in [-0.05, 0) is 32.5 Å². The fraction of sp³-hybridized carbons (Fsp3) is 0.556. The number of benzene rings is 1. The Balaban J connectivity index is 1.74. The van der Waals surface area contributed by atoms with Gasteiger partial charge >= 0.3 is 6.03 Å². The van der Waals surface area contributed by atoms with E-state index in [0.29, 0.717) is 13.1 Å². The molecule has 0 radical (unpaired) electrons. The predicted molar refractivity (Wildman–Crippen MR) is 92.6 cm³/mol. The lowest BCUT2D eigenvalue weighted by atomic mass is 10.00. The molecule has 0 saturated carbocycles. The van der Waals surface area contributed by atoms with Gasteiger partial charge in [-0.2, -0.15) is 0 Å². The Labute approximate surface area is 143 Å². The molecule has 2 heterocycles. The molecule has 6 heteroatoms. The first-order chi connectivity index (χ1) is 11.6. The molecule has 6 nitrogen and oxygen atoms in total. The fourth-order valence-corrected chi connectivity index (χ4v) is 3.71. The second-order valence-electron chi connectivity index (χ2n) is 6.78. The number of likely N-dealkylation sites (N-methyl/N-ethyl adjacent to an activating group) is 1. The Morgan fingerprint density at radius 1 is 1.25 bits per heavy atom. The van der Waals surface area contributed by atoms with Crippen LogP contribution in [0.3, 0.4) is 0 Å². The highest BCUT2D eigenvalue weighted by molar-refractivity contribution is 5.83. The van der Waals surface area contributed by atoms with Crippen molar-refractivity contribution in [3.63, 3.8) is 0 Å². The zero-order valence-electron chi connectivity index (χ0n) is 14.4. The van der Waals surface area contributed by atoms with Crippen molar-refractivity contribution in [2.75, 3.05) is 40.3 Å². The third-order valence-corrected chi connectivity index (χ3v) is 4.90. The predicted octanol–water partition coefficient (Wildman–Crippen LogP) is 1.31. The minimum Gasteiger partial charge on any atom is -0.339 e. The van der Waals surface area contributed by atoms with Gasteiger partial charge in [0, 0.05) is 26.2 Å². The van der Waals surface area contributed by atoms with Crippen LogP contribution >= 0.6 is 0 Å². The Morgan fingerprint density at radius 2 is 2.00 bits per heavy atom. The lowest BCUT2D eigenvalue weighted by Crippen LogP contribution is -2.52. The number of rotatable bonds is 4. The van der Waals surface area contributed by atoms with Crippen LogP contribution in [0.1, 0.15) is 24.4 Å². The highest BCUT2D eigenvalue weighted by atomic mass is 16.2. The van der Waals surface area contributed by atoms with Crippen LogP contribution in [0.25, 0.3) is 0 Å². The van der Waals surface area contributed by atoms with Gasteiger partial charge in [-0.3, -0.25) is 9.69 Å². The summed E-state index contributed by atoms with van der Waals surface area (Å²) < 4.78 is 0. The Bertz CT molecular complexity index is 590. The van der Waals surface area contributed by atoms with Crippen LogP contribution in [0.2, 0.25) is 0 Å². The number of nitrogens with zero attached hydrogens (tertiary/aromatic N) is 3. The first-order valence-electron chi connectivity index (χ1n) is 8.62. The number of carbonyl (C=O) groups excluding carboxylic acids is 2. The zero-order valence-corrected chi connectivity index (χ0v) is 14.4. The van der Waals surface area contributed by atoms with Crippen molar-refractivity contribution >= 4 is 11.9 Å². The van der Waals surface area contributed by atoms with E-state index in [-0.39, 0.29) is 24.0 Å². The Hall–Kier alpha value is -2.08. The second kappa shape index (κ2) is 7.21. The second-order valence-corrected chi connectivity index (χ2v) is 6.78. The van der Waals surface area contributed by atoms with Gasteiger partial charge in [0.1, 0.15) is 6.04 Å². The zero-order chi connectivity index (χ0) is 17.1. The van der Waals surface area contributed by atoms with Crippen molar-refractivity contribution in [1.82, 2.24) is 20.0 Å². The van der Waals surface area contributed by atoms with E-state index in [1.54, 1.807) is 0 Å². The van der Waals surface area contributed by atoms with Gasteiger partial charge in [0.05, 0.1) is 6.04 Å². The molecular weight excluding hydrogens is 304 g/mol. The SMILES string of the molecule is CN(C)[C@@H](C(=O)N1CCC[C@@H](N2CCNC2=O)C1)c1ccccc1. The van der Waals surface area contributed by atoms with E-state index in [1.807, 2.05) is 59.1 Å². The summed E-state index contributed by atoms with van der Waals surface area (Å²) in [7, 11) is 3.87. The van der Waals surface area contributed by atoms with E-state index in [4.69, 9.17) is 0 Å². The normalized spacial score (nSPS) is 22.6. The van der Waals surface area contributed by atoms with Crippen LogP contribution in [0.4, 0.5) is 4.79 Å². The summed E-state index contributed by atoms with van der Waals surface area (Å²) in [6.45, 7) is 2.83. The van der Waals surface area contributed by atoms with Gasteiger partial charge < -0.3 is 15.1 Å². The summed E-state index contributed by atoms with van der Waals surface area (Å²) in [5, 5.41) is 2.85. The number of carbonyl (C=O) groups is 2. The molecule has 1 aromatic rings. The number of hydrogen-bond acceptors (Lipinski definition) is 3. The van der Waals surface area contributed by atoms with E-state index in [2.05, 4.69) is 5.32 Å². The standard InChI is InChI=1S/C18H26N4O2/c1-20(2)16(14-7-4-3-5-8-14)17(23)21-11-6-9-15(13-21)22-12-10-19-18(22)24/h3-5,7-8,15-16H,6,9-13H2,1-2H3,(H,19,24)/t15-,16-/m1/s1. The maximum atomic E-state index is 13.1. The van der Waals surface area contributed by atoms with Crippen LogP contribution < -0.4 is 5.32 Å². The average Bonchev–Trinajstić information content (AvgIpc) is 3.02. The van der Waals surface area contributed by atoms with Crippen molar-refractivity contribution in [2.24, 2.45) is 0 Å². The summed E-state index contributed by atoms with van der Waals surface area (Å²) in [5.74, 6) is 0.121. The Morgan fingerprint density at radius 3 is 2.62 bits per heavy atom. The number of piperidine rings is 1. The number of likely N-dealkylation sites (tertiary alicyclic amines) is 1. The lowest BCUT2D eigenvalue weighted by Gasteiger charge is -2.39. The number of hydrogen-bond donors (Lipinski definition) is 1. The molecule has 1 aromatic carbocycles. The lowest BCUT2D eigenvalue weighted by molar-refractivity contribution is -0.138. The molecule has 3 amide bonds. The van der Waals surface area contributed by atoms with Crippen LogP contribution in [0, 0.1) is 0 Å². The molecule has 0 aromatic heterocycles. The molecule has 1 N–H and O–H groups in total. The quantitative estimate of drug-likeness (QED) is 0.905. The number of nitrogens with one attached hydrogen (secondary N) is 1. The molecule has 130 valence electrons. The van der Waals surface area contributed by atoms with E-state index in [1.165, 1.54) is 0 Å². The molecule has 2 atom stereocenters. The average molecular weight is 330 g/mol. The summed E-state index contributed by atoms with van der Waals surface area (Å²) in [6.07, 6.45) is 1.91. The van der Waals surface area contributed by atoms with Crippen molar-refractivity contribution in [2.45, 2.75) is 24.9 Å². The van der Waals surface area contributed by atoms with Gasteiger partial charge in [-0.1, -0.05) is 30.3 Å². The molecular formula is C18H26N4O2. The first kappa shape index (κ1) is 16.8. The van der Waals surface area contributed by atoms with E-state index in [0.717, 1.165) is 31.5 Å². The smallest absolute Gasteiger partial charge is 0.317 e. The molecule has 2 saturated heterocycles. The topological polar surface area (TPSA) is 55.9 Å². The molecule has 24 heavy (non-hydrogen) atoms. The minimum atomic E-state index is -0.280. The maximum absolute atomic E-state index is 13.1. The highest BCUT2D eigenvalue weighted by Gasteiger charge is 2.35. The van der Waals surface area contributed by atoms with Gasteiger partial charge in [-0.15, -0.1) is 0 Å². The van der Waals surface area contributed by atoms with Gasteiger partial charge in [0.2, 0.25) is 5.91 Å². The molecule has 2 aliphatic heterocycles. The molecule has 3 rings (SSSR count). The fourth-order valence-electron chi connectivity index (χ4n) is 3.71. The molecule has 0 unspecified atom stereocenters. The minimum absolute atomic E-state index is 0.00141. The summed E-state index contributed by atoms with van der Waals surface area (Å²) in [4.78, 5) is 30.8. The summed E-state index contributed by atoms with van der Waals surface area (Å²) >= 11 is 0. The van der Waals surface area contributed by atoms with Gasteiger partial charge in [0.15, 0.2) is 0 Å². The van der Waals surface area contributed by atoms with Crippen molar-refractivity contribution < 1.29 is 9.59 Å². The van der Waals surface area contributed by atoms with Crippen molar-refractivity contribution in [3.8, 4) is 0 Å². The monoisotopic (exact) mass is 330 g/mol. The molecule has 0 bridgehead atoms. The van der Waals surface area contributed by atoms with Crippen LogP contribution in [-0.4, -0.2) is 73.0 Å². The Kier molecular flexibility index (Phi) is 5.04. The largest absolute Gasteiger partial charge is 0.339 e. The molecule has 2 aliphatic rings. The van der Waals surface area contributed by atoms with Crippen LogP contribution in [-0.2, 0) is 4.79 Å².